The Morgan fingerprint density at radius 3 is 2.77 bits per heavy atom. The first-order valence-corrected chi connectivity index (χ1v) is 4.26. The quantitative estimate of drug-likeness (QED) is 0.590. The maximum Gasteiger partial charge on any atom is 0.277 e. The predicted molar refractivity (Wildman–Crippen MR) is 48.1 cm³/mol. The minimum Gasteiger partial charge on any atom is -0.288 e. The molecule has 5 heteroatoms. The second kappa shape index (κ2) is 3.85. The average molecular weight is 248 g/mol. The number of rotatable bonds is 1. The summed E-state index contributed by atoms with van der Waals surface area (Å²) in [7, 11) is 0. The molecule has 1 aromatic rings. The van der Waals surface area contributed by atoms with E-state index in [2.05, 4.69) is 15.9 Å². The van der Waals surface area contributed by atoms with Crippen LogP contribution >= 0.6 is 15.9 Å². The van der Waals surface area contributed by atoms with Gasteiger partial charge in [-0.1, -0.05) is 15.9 Å². The van der Waals surface area contributed by atoms with Gasteiger partial charge in [0.1, 0.15) is 5.82 Å². The molecule has 0 spiro atoms. The van der Waals surface area contributed by atoms with Crippen LogP contribution in [0.2, 0.25) is 0 Å². The summed E-state index contributed by atoms with van der Waals surface area (Å²) in [5, 5.41) is 8.29. The molecule has 0 heterocycles. The summed E-state index contributed by atoms with van der Waals surface area (Å²) < 4.78 is 13.9. The third kappa shape index (κ3) is 1.87. The molecule has 0 bridgehead atoms. The van der Waals surface area contributed by atoms with Gasteiger partial charge >= 0.3 is 0 Å². The third-order valence-electron chi connectivity index (χ3n) is 1.67. The molecule has 3 nitrogen and oxygen atoms in total. The summed E-state index contributed by atoms with van der Waals surface area (Å²) >= 11 is 3.12. The number of hydrogen-bond donors (Lipinski definition) is 2. The SMILES string of the molecule is Cc1c(Br)ccc(C(=O)NO)c1F. The maximum atomic E-state index is 13.3. The largest absolute Gasteiger partial charge is 0.288 e. The molecule has 70 valence electrons. The Kier molecular flexibility index (Phi) is 3.00. The van der Waals surface area contributed by atoms with Gasteiger partial charge in [0.05, 0.1) is 5.56 Å². The minimum absolute atomic E-state index is 0.178. The summed E-state index contributed by atoms with van der Waals surface area (Å²) in [4.78, 5) is 10.9. The highest BCUT2D eigenvalue weighted by Gasteiger charge is 2.13. The predicted octanol–water partition coefficient (Wildman–Crippen LogP) is 2.02. The normalized spacial score (nSPS) is 9.85. The fourth-order valence-corrected chi connectivity index (χ4v) is 1.20. The van der Waals surface area contributed by atoms with Crippen LogP contribution in [0.5, 0.6) is 0 Å². The molecule has 2 N–H and O–H groups in total. The van der Waals surface area contributed by atoms with Gasteiger partial charge in [-0.2, -0.15) is 0 Å². The summed E-state index contributed by atoms with van der Waals surface area (Å²) in [6.45, 7) is 1.54. The first-order chi connectivity index (χ1) is 6.07. The fraction of sp³-hybridized carbons (Fsp3) is 0.125. The summed E-state index contributed by atoms with van der Waals surface area (Å²) in [5.74, 6) is -1.49. The van der Waals surface area contributed by atoms with Gasteiger partial charge in [-0.05, 0) is 24.6 Å². The zero-order chi connectivity index (χ0) is 10.0. The molecule has 0 fully saturated rings. The number of benzene rings is 1. The smallest absolute Gasteiger partial charge is 0.277 e. The molecular weight excluding hydrogens is 241 g/mol. The molecule has 1 rings (SSSR count). The molecule has 13 heavy (non-hydrogen) atoms. The van der Waals surface area contributed by atoms with Crippen molar-refractivity contribution < 1.29 is 14.4 Å². The van der Waals surface area contributed by atoms with Gasteiger partial charge in [-0.15, -0.1) is 0 Å². The van der Waals surface area contributed by atoms with Crippen molar-refractivity contribution in [3.05, 3.63) is 33.5 Å². The summed E-state index contributed by atoms with van der Waals surface area (Å²) in [6.07, 6.45) is 0. The molecule has 0 aliphatic heterocycles. The molecule has 1 aromatic carbocycles. The molecule has 0 saturated carbocycles. The van der Waals surface area contributed by atoms with Crippen molar-refractivity contribution in [1.29, 1.82) is 0 Å². The van der Waals surface area contributed by atoms with Crippen molar-refractivity contribution in [3.63, 3.8) is 0 Å². The van der Waals surface area contributed by atoms with E-state index in [4.69, 9.17) is 5.21 Å². The fourth-order valence-electron chi connectivity index (χ4n) is 0.897. The molecule has 0 saturated heterocycles. The summed E-state index contributed by atoms with van der Waals surface area (Å²) in [5.41, 5.74) is 1.53. The van der Waals surface area contributed by atoms with E-state index < -0.39 is 11.7 Å². The van der Waals surface area contributed by atoms with Crippen molar-refractivity contribution in [1.82, 2.24) is 5.48 Å². The second-order valence-corrected chi connectivity index (χ2v) is 3.33. The first kappa shape index (κ1) is 10.1. The Balaban J connectivity index is 3.26. The van der Waals surface area contributed by atoms with Crippen LogP contribution in [0.15, 0.2) is 16.6 Å². The van der Waals surface area contributed by atoms with Crippen LogP contribution in [0.25, 0.3) is 0 Å². The lowest BCUT2D eigenvalue weighted by molar-refractivity contribution is 0.0701. The van der Waals surface area contributed by atoms with Gasteiger partial charge < -0.3 is 0 Å². The van der Waals surface area contributed by atoms with Crippen LogP contribution in [0.1, 0.15) is 15.9 Å². The van der Waals surface area contributed by atoms with Gasteiger partial charge in [0.25, 0.3) is 5.91 Å². The number of carbonyl (C=O) groups is 1. The highest BCUT2D eigenvalue weighted by molar-refractivity contribution is 9.10. The lowest BCUT2D eigenvalue weighted by Crippen LogP contribution is -2.20. The molecule has 0 aliphatic rings. The van der Waals surface area contributed by atoms with E-state index in [0.29, 0.717) is 10.0 Å². The van der Waals surface area contributed by atoms with Gasteiger partial charge in [-0.3, -0.25) is 10.0 Å². The standard InChI is InChI=1S/C8H7BrFNO2/c1-4-6(9)3-2-5(7(4)10)8(12)11-13/h2-3,13H,1H3,(H,11,12). The Bertz CT molecular complexity index is 354. The summed E-state index contributed by atoms with van der Waals surface area (Å²) in [6, 6.07) is 2.83. The van der Waals surface area contributed by atoms with Crippen LogP contribution in [0.4, 0.5) is 4.39 Å². The van der Waals surface area contributed by atoms with E-state index in [1.807, 2.05) is 0 Å². The van der Waals surface area contributed by atoms with Crippen molar-refractivity contribution in [2.75, 3.05) is 0 Å². The third-order valence-corrected chi connectivity index (χ3v) is 2.53. The van der Waals surface area contributed by atoms with Gasteiger partial charge in [0.15, 0.2) is 0 Å². The Hall–Kier alpha value is -0.940. The highest BCUT2D eigenvalue weighted by Crippen LogP contribution is 2.21. The van der Waals surface area contributed by atoms with Gasteiger partial charge in [0, 0.05) is 4.47 Å². The lowest BCUT2D eigenvalue weighted by Gasteiger charge is -2.04. The molecule has 1 amide bonds. The van der Waals surface area contributed by atoms with E-state index in [1.54, 1.807) is 6.07 Å². The van der Waals surface area contributed by atoms with Crippen molar-refractivity contribution >= 4 is 21.8 Å². The molecule has 0 radical (unpaired) electrons. The number of nitrogens with one attached hydrogen (secondary N) is 1. The molecular formula is C8H7BrFNO2. The van der Waals surface area contributed by atoms with Gasteiger partial charge in [0.2, 0.25) is 0 Å². The van der Waals surface area contributed by atoms with Crippen molar-refractivity contribution in [3.8, 4) is 0 Å². The zero-order valence-corrected chi connectivity index (χ0v) is 8.35. The Morgan fingerprint density at radius 2 is 2.23 bits per heavy atom. The average Bonchev–Trinajstić information content (AvgIpc) is 2.13. The van der Waals surface area contributed by atoms with E-state index >= 15 is 0 Å². The van der Waals surface area contributed by atoms with Crippen molar-refractivity contribution in [2.24, 2.45) is 0 Å². The lowest BCUT2D eigenvalue weighted by atomic mass is 10.1. The van der Waals surface area contributed by atoms with Crippen LogP contribution in [0, 0.1) is 12.7 Å². The van der Waals surface area contributed by atoms with E-state index in [9.17, 15) is 9.18 Å². The van der Waals surface area contributed by atoms with Crippen LogP contribution in [-0.4, -0.2) is 11.1 Å². The Morgan fingerprint density at radius 1 is 1.62 bits per heavy atom. The first-order valence-electron chi connectivity index (χ1n) is 3.47. The van der Waals surface area contributed by atoms with Crippen LogP contribution < -0.4 is 5.48 Å². The monoisotopic (exact) mass is 247 g/mol. The number of amides is 1. The number of hydroxylamine groups is 1. The van der Waals surface area contributed by atoms with E-state index in [1.165, 1.54) is 18.5 Å². The number of carbonyl (C=O) groups excluding carboxylic acids is 1. The molecule has 0 aliphatic carbocycles. The molecule has 0 atom stereocenters. The molecule has 0 unspecified atom stereocenters. The highest BCUT2D eigenvalue weighted by atomic mass is 79.9. The van der Waals surface area contributed by atoms with Crippen LogP contribution in [-0.2, 0) is 0 Å². The van der Waals surface area contributed by atoms with E-state index in [0.717, 1.165) is 0 Å². The van der Waals surface area contributed by atoms with Crippen molar-refractivity contribution in [2.45, 2.75) is 6.92 Å². The second-order valence-electron chi connectivity index (χ2n) is 2.47. The molecule has 0 aromatic heterocycles. The van der Waals surface area contributed by atoms with E-state index in [-0.39, 0.29) is 5.56 Å². The van der Waals surface area contributed by atoms with Crippen LogP contribution in [0.3, 0.4) is 0 Å². The Labute approximate surface area is 82.7 Å². The topological polar surface area (TPSA) is 49.3 Å². The zero-order valence-electron chi connectivity index (χ0n) is 6.77. The van der Waals surface area contributed by atoms with Gasteiger partial charge in [-0.25, -0.2) is 9.87 Å². The minimum atomic E-state index is -0.854. The number of halogens is 2. The number of hydrogen-bond acceptors (Lipinski definition) is 2. The maximum absolute atomic E-state index is 13.3.